The molecule has 1 rings (SSSR count). The van der Waals surface area contributed by atoms with E-state index in [1.807, 2.05) is 34.6 Å². The maximum atomic E-state index is 9.73. The molecule has 18 heavy (non-hydrogen) atoms. The molecule has 0 saturated carbocycles. The average molecular weight is 247 g/mol. The van der Waals surface area contributed by atoms with Gasteiger partial charge in [0.2, 0.25) is 0 Å². The van der Waals surface area contributed by atoms with Crippen molar-refractivity contribution in [3.8, 4) is 23.3 Å². The van der Waals surface area contributed by atoms with Crippen LogP contribution >= 0.6 is 0 Å². The van der Waals surface area contributed by atoms with E-state index in [4.69, 9.17) is 10.5 Å². The van der Waals surface area contributed by atoms with Crippen molar-refractivity contribution in [2.45, 2.75) is 45.8 Å². The van der Waals surface area contributed by atoms with Gasteiger partial charge in [0.15, 0.2) is 11.5 Å². The summed E-state index contributed by atoms with van der Waals surface area (Å²) in [5.41, 5.74) is 5.66. The van der Waals surface area contributed by atoms with Gasteiger partial charge in [-0.1, -0.05) is 11.8 Å². The molecule has 3 nitrogen and oxygen atoms in total. The summed E-state index contributed by atoms with van der Waals surface area (Å²) in [6.07, 6.45) is 0. The second kappa shape index (κ2) is 4.91. The smallest absolute Gasteiger partial charge is 0.162 e. The van der Waals surface area contributed by atoms with Crippen LogP contribution in [0, 0.1) is 11.8 Å². The van der Waals surface area contributed by atoms with Crippen LogP contribution in [0.5, 0.6) is 11.5 Å². The number of phenolic OH excluding ortho intramolecular Hbond substituents is 1. The molecule has 0 bridgehead atoms. The standard InChI is InChI=1S/C15H21NO2/c1-14(2,3)18-13-10-11(6-7-12(13)17)8-9-15(4,5)16/h6-7,10,17H,16H2,1-5H3. The van der Waals surface area contributed by atoms with Crippen molar-refractivity contribution < 1.29 is 9.84 Å². The molecule has 0 atom stereocenters. The first-order chi connectivity index (χ1) is 8.07. The van der Waals surface area contributed by atoms with Gasteiger partial charge < -0.3 is 15.6 Å². The van der Waals surface area contributed by atoms with Crippen LogP contribution < -0.4 is 10.5 Å². The van der Waals surface area contributed by atoms with E-state index < -0.39 is 5.54 Å². The zero-order chi connectivity index (χ0) is 14.0. The van der Waals surface area contributed by atoms with E-state index in [1.54, 1.807) is 18.2 Å². The zero-order valence-electron chi connectivity index (χ0n) is 11.7. The first-order valence-electron chi connectivity index (χ1n) is 5.91. The molecule has 0 spiro atoms. The van der Waals surface area contributed by atoms with Gasteiger partial charge in [-0.2, -0.15) is 0 Å². The Balaban J connectivity index is 3.04. The summed E-state index contributed by atoms with van der Waals surface area (Å²) in [7, 11) is 0. The molecule has 0 unspecified atom stereocenters. The van der Waals surface area contributed by atoms with Crippen LogP contribution in [0.4, 0.5) is 0 Å². The first-order valence-corrected chi connectivity index (χ1v) is 5.91. The maximum Gasteiger partial charge on any atom is 0.162 e. The summed E-state index contributed by atoms with van der Waals surface area (Å²) >= 11 is 0. The van der Waals surface area contributed by atoms with E-state index in [0.29, 0.717) is 5.75 Å². The SMILES string of the molecule is CC(C)(N)C#Cc1ccc(O)c(OC(C)(C)C)c1. The Labute approximate surface area is 109 Å². The van der Waals surface area contributed by atoms with Crippen molar-refractivity contribution in [1.29, 1.82) is 0 Å². The molecule has 0 radical (unpaired) electrons. The summed E-state index contributed by atoms with van der Waals surface area (Å²) in [4.78, 5) is 0. The van der Waals surface area contributed by atoms with Crippen molar-refractivity contribution in [3.05, 3.63) is 23.8 Å². The third-order valence-electron chi connectivity index (χ3n) is 1.90. The van der Waals surface area contributed by atoms with Gasteiger partial charge in [-0.25, -0.2) is 0 Å². The molecule has 0 aliphatic heterocycles. The topological polar surface area (TPSA) is 55.5 Å². The summed E-state index contributed by atoms with van der Waals surface area (Å²) in [5, 5.41) is 9.73. The van der Waals surface area contributed by atoms with Crippen LogP contribution in [0.15, 0.2) is 18.2 Å². The van der Waals surface area contributed by atoms with E-state index in [9.17, 15) is 5.11 Å². The highest BCUT2D eigenvalue weighted by Crippen LogP contribution is 2.29. The van der Waals surface area contributed by atoms with Crippen LogP contribution in [-0.2, 0) is 0 Å². The Bertz CT molecular complexity index is 482. The molecule has 0 aliphatic rings. The number of hydrogen-bond donors (Lipinski definition) is 2. The molecular formula is C15H21NO2. The molecule has 0 saturated heterocycles. The molecule has 3 N–H and O–H groups in total. The fourth-order valence-corrected chi connectivity index (χ4v) is 1.24. The van der Waals surface area contributed by atoms with Crippen molar-refractivity contribution in [1.82, 2.24) is 0 Å². The van der Waals surface area contributed by atoms with E-state index in [1.165, 1.54) is 0 Å². The Morgan fingerprint density at radius 3 is 2.28 bits per heavy atom. The number of phenols is 1. The summed E-state index contributed by atoms with van der Waals surface area (Å²) < 4.78 is 5.66. The van der Waals surface area contributed by atoms with Gasteiger partial charge in [0, 0.05) is 5.56 Å². The van der Waals surface area contributed by atoms with Crippen LogP contribution in [0.3, 0.4) is 0 Å². The van der Waals surface area contributed by atoms with Crippen molar-refractivity contribution in [3.63, 3.8) is 0 Å². The van der Waals surface area contributed by atoms with Crippen molar-refractivity contribution in [2.24, 2.45) is 5.73 Å². The Hall–Kier alpha value is -1.66. The molecule has 0 fully saturated rings. The molecule has 1 aromatic carbocycles. The second-order valence-electron chi connectivity index (χ2n) is 5.87. The minimum absolute atomic E-state index is 0.113. The fourth-order valence-electron chi connectivity index (χ4n) is 1.24. The summed E-state index contributed by atoms with van der Waals surface area (Å²) in [5.74, 6) is 6.46. The summed E-state index contributed by atoms with van der Waals surface area (Å²) in [6, 6.07) is 5.04. The quantitative estimate of drug-likeness (QED) is 0.750. The van der Waals surface area contributed by atoms with Gasteiger partial charge in [0.1, 0.15) is 5.60 Å². The predicted molar refractivity (Wildman–Crippen MR) is 73.6 cm³/mol. The third-order valence-corrected chi connectivity index (χ3v) is 1.90. The van der Waals surface area contributed by atoms with Crippen LogP contribution in [0.25, 0.3) is 0 Å². The molecule has 3 heteroatoms. The van der Waals surface area contributed by atoms with E-state index in [0.717, 1.165) is 5.56 Å². The Kier molecular flexibility index (Phi) is 3.93. The van der Waals surface area contributed by atoms with Crippen LogP contribution in [0.1, 0.15) is 40.2 Å². The molecule has 1 aromatic rings. The first kappa shape index (κ1) is 14.4. The monoisotopic (exact) mass is 247 g/mol. The van der Waals surface area contributed by atoms with Crippen LogP contribution in [-0.4, -0.2) is 16.2 Å². The molecule has 0 heterocycles. The number of nitrogens with two attached hydrogens (primary N) is 1. The molecule has 0 aromatic heterocycles. The Morgan fingerprint density at radius 2 is 1.78 bits per heavy atom. The third kappa shape index (κ3) is 5.11. The minimum atomic E-state index is -0.539. The van der Waals surface area contributed by atoms with Gasteiger partial charge >= 0.3 is 0 Å². The molecule has 0 amide bonds. The highest BCUT2D eigenvalue weighted by Gasteiger charge is 2.14. The maximum absolute atomic E-state index is 9.73. The highest BCUT2D eigenvalue weighted by atomic mass is 16.5. The number of ether oxygens (including phenoxy) is 1. The van der Waals surface area contributed by atoms with E-state index in [-0.39, 0.29) is 11.4 Å². The normalized spacial score (nSPS) is 11.7. The lowest BCUT2D eigenvalue weighted by Gasteiger charge is -2.22. The summed E-state index contributed by atoms with van der Waals surface area (Å²) in [6.45, 7) is 9.45. The van der Waals surface area contributed by atoms with Crippen LogP contribution in [0.2, 0.25) is 0 Å². The predicted octanol–water partition coefficient (Wildman–Crippen LogP) is 2.66. The minimum Gasteiger partial charge on any atom is -0.504 e. The lowest BCUT2D eigenvalue weighted by atomic mass is 10.1. The molecule has 0 aliphatic carbocycles. The molecule has 98 valence electrons. The van der Waals surface area contributed by atoms with E-state index in [2.05, 4.69) is 11.8 Å². The number of aromatic hydroxyl groups is 1. The van der Waals surface area contributed by atoms with Crippen molar-refractivity contribution >= 4 is 0 Å². The lowest BCUT2D eigenvalue weighted by Crippen LogP contribution is -2.29. The highest BCUT2D eigenvalue weighted by molar-refractivity contribution is 5.48. The van der Waals surface area contributed by atoms with Gasteiger partial charge in [0.05, 0.1) is 5.54 Å². The van der Waals surface area contributed by atoms with Gasteiger partial charge in [-0.05, 0) is 52.8 Å². The number of rotatable bonds is 1. The Morgan fingerprint density at radius 1 is 1.17 bits per heavy atom. The zero-order valence-corrected chi connectivity index (χ0v) is 11.7. The van der Waals surface area contributed by atoms with Gasteiger partial charge in [0.25, 0.3) is 0 Å². The van der Waals surface area contributed by atoms with Crippen molar-refractivity contribution in [2.75, 3.05) is 0 Å². The lowest BCUT2D eigenvalue weighted by molar-refractivity contribution is 0.126. The van der Waals surface area contributed by atoms with E-state index >= 15 is 0 Å². The second-order valence-corrected chi connectivity index (χ2v) is 5.87. The molecular weight excluding hydrogens is 226 g/mol. The average Bonchev–Trinajstić information content (AvgIpc) is 2.16. The van der Waals surface area contributed by atoms with Gasteiger partial charge in [-0.3, -0.25) is 0 Å². The number of benzene rings is 1. The van der Waals surface area contributed by atoms with Gasteiger partial charge in [-0.15, -0.1) is 0 Å². The largest absolute Gasteiger partial charge is 0.504 e. The fraction of sp³-hybridized carbons (Fsp3) is 0.467. The number of hydrogen-bond acceptors (Lipinski definition) is 3.